The van der Waals surface area contributed by atoms with E-state index in [-0.39, 0.29) is 58.3 Å². The molecule has 0 rings (SSSR count). The summed E-state index contributed by atoms with van der Waals surface area (Å²) in [6, 6.07) is 0. The molecule has 17 heteroatoms. The first-order valence-corrected chi connectivity index (χ1v) is 6.00. The first kappa shape index (κ1) is 31.1. The summed E-state index contributed by atoms with van der Waals surface area (Å²) < 4.78 is 102. The van der Waals surface area contributed by atoms with Crippen LogP contribution in [0.1, 0.15) is 0 Å². The molecule has 0 saturated carbocycles. The van der Waals surface area contributed by atoms with Crippen LogP contribution in [-0.4, -0.2) is 52.6 Å². The van der Waals surface area contributed by atoms with E-state index in [1.807, 2.05) is 0 Å². The predicted molar refractivity (Wildman–Crippen MR) is 31.4 cm³/mol. The van der Waals surface area contributed by atoms with Crippen molar-refractivity contribution < 1.29 is 111 Å². The Bertz CT molecular complexity index is 341. The van der Waals surface area contributed by atoms with Crippen molar-refractivity contribution in [1.29, 1.82) is 0 Å². The molecule has 0 fully saturated rings. The van der Waals surface area contributed by atoms with Gasteiger partial charge in [0.1, 0.15) is 0 Å². The van der Waals surface area contributed by atoms with Gasteiger partial charge in [-0.1, -0.05) is 0 Å². The summed E-state index contributed by atoms with van der Waals surface area (Å²) in [4.78, 5) is 0. The molecule has 0 amide bonds. The zero-order valence-electron chi connectivity index (χ0n) is 6.94. The molecule has 0 N–H and O–H groups in total. The van der Waals surface area contributed by atoms with Crippen molar-refractivity contribution in [2.45, 2.75) is 0 Å². The second kappa shape index (κ2) is 12.6. The number of hydrogen-bond donors (Lipinski definition) is 0. The van der Waals surface area contributed by atoms with Gasteiger partial charge in [0.05, 0.1) is 0 Å². The van der Waals surface area contributed by atoms with Crippen LogP contribution >= 0.6 is 0 Å². The van der Waals surface area contributed by atoms with Gasteiger partial charge in [-0.25, -0.2) is 0 Å². The first-order valence-electron chi connectivity index (χ1n) is 2.00. The van der Waals surface area contributed by atoms with Gasteiger partial charge in [-0.3, -0.25) is 25.3 Å². The van der Waals surface area contributed by atoms with Crippen LogP contribution in [-0.2, 0) is 31.2 Å². The van der Waals surface area contributed by atoms with Crippen LogP contribution < -0.4 is 0 Å². The summed E-state index contributed by atoms with van der Waals surface area (Å²) in [5.41, 5.74) is 0. The molecule has 0 aliphatic heterocycles. The summed E-state index contributed by atoms with van der Waals surface area (Å²) in [6.45, 7) is 0. The molecular formula is O12Pu2S3. The Morgan fingerprint density at radius 2 is 0.412 bits per heavy atom. The van der Waals surface area contributed by atoms with Crippen molar-refractivity contribution in [3.63, 3.8) is 0 Å². The second-order valence-corrected chi connectivity index (χ2v) is 3.67. The Morgan fingerprint density at radius 3 is 0.412 bits per heavy atom. The zero-order chi connectivity index (χ0) is 13.5. The molecule has 0 aromatic heterocycles. The predicted octanol–water partition coefficient (Wildman–Crippen LogP) is -4.01. The van der Waals surface area contributed by atoms with E-state index in [2.05, 4.69) is 0 Å². The SMILES string of the molecule is O=S(=O)([O-])[O-].O=S(=O)([O-])[O-].O=S(=O)([O-])[O-].[Pu+3].[Pu+3]. The Balaban J connectivity index is -0.0000000400. The molecule has 0 bridgehead atoms. The molecule has 2 radical (unpaired) electrons. The van der Waals surface area contributed by atoms with E-state index in [9.17, 15) is 0 Å². The van der Waals surface area contributed by atoms with Crippen molar-refractivity contribution >= 4 is 31.2 Å². The molecule has 0 spiro atoms. The van der Waals surface area contributed by atoms with Crippen molar-refractivity contribution in [2.24, 2.45) is 0 Å². The van der Waals surface area contributed by atoms with Gasteiger partial charge in [0.2, 0.25) is 0 Å². The summed E-state index contributed by atoms with van der Waals surface area (Å²) >= 11 is 0. The van der Waals surface area contributed by atoms with Gasteiger partial charge in [0.25, 0.3) is 0 Å². The molecule has 0 aromatic rings. The van der Waals surface area contributed by atoms with Crippen LogP contribution in [0.15, 0.2) is 0 Å². The minimum absolute atomic E-state index is 0. The largest absolute Gasteiger partial charge is 3.00 e. The third-order valence-electron chi connectivity index (χ3n) is 0. The van der Waals surface area contributed by atoms with E-state index in [1.165, 1.54) is 0 Å². The van der Waals surface area contributed by atoms with E-state index in [0.717, 1.165) is 0 Å². The smallest absolute Gasteiger partial charge is 0.759 e. The van der Waals surface area contributed by atoms with Gasteiger partial charge in [0, 0.05) is 31.2 Å². The van der Waals surface area contributed by atoms with Gasteiger partial charge >= 0.3 is 58.3 Å². The Labute approximate surface area is 140 Å². The fourth-order valence-corrected chi connectivity index (χ4v) is 0. The molecule has 0 saturated heterocycles. The van der Waals surface area contributed by atoms with Crippen molar-refractivity contribution in [1.82, 2.24) is 0 Å². The topological polar surface area (TPSA) is 241 Å². The maximum atomic E-state index is 8.52. The molecule has 17 heavy (non-hydrogen) atoms. The number of hydrogen-bond acceptors (Lipinski definition) is 12. The van der Waals surface area contributed by atoms with Crippen LogP contribution in [0, 0.1) is 58.3 Å². The summed E-state index contributed by atoms with van der Waals surface area (Å²) in [6.07, 6.45) is 0. The molecule has 0 unspecified atom stereocenters. The first-order chi connectivity index (χ1) is 6.00. The number of rotatable bonds is 0. The van der Waals surface area contributed by atoms with Gasteiger partial charge in [0.15, 0.2) is 0 Å². The van der Waals surface area contributed by atoms with Gasteiger partial charge < -0.3 is 27.3 Å². The standard InChI is InChI=1S/3H2O4S.2Pu/c3*1-5(2,3)4;;/h3*(H2,1,2,3,4);;/q;;;2*+3/p-6. The fourth-order valence-electron chi connectivity index (χ4n) is 0. The normalized spacial score (nSPS) is 10.2. The van der Waals surface area contributed by atoms with Crippen LogP contribution in [0.2, 0.25) is 0 Å². The van der Waals surface area contributed by atoms with Gasteiger partial charge in [-0.15, -0.1) is 0 Å². The van der Waals surface area contributed by atoms with Crippen LogP contribution in [0.5, 0.6) is 0 Å². The Kier molecular flexibility index (Phi) is 23.1. The maximum absolute atomic E-state index is 8.52. The van der Waals surface area contributed by atoms with Crippen molar-refractivity contribution in [3.8, 4) is 0 Å². The van der Waals surface area contributed by atoms with E-state index in [0.29, 0.717) is 0 Å². The minimum Gasteiger partial charge on any atom is -0.759 e. The molecule has 0 aromatic carbocycles. The van der Waals surface area contributed by atoms with Crippen LogP contribution in [0.25, 0.3) is 0 Å². The average molecular weight is 776 g/mol. The van der Waals surface area contributed by atoms with Crippen molar-refractivity contribution in [3.05, 3.63) is 0 Å². The van der Waals surface area contributed by atoms with E-state index in [4.69, 9.17) is 52.6 Å². The van der Waals surface area contributed by atoms with Crippen molar-refractivity contribution in [2.75, 3.05) is 0 Å². The molecule has 0 aliphatic carbocycles. The Morgan fingerprint density at radius 1 is 0.412 bits per heavy atom. The second-order valence-electron chi connectivity index (χ2n) is 1.22. The minimum atomic E-state index is -5.17. The van der Waals surface area contributed by atoms with Gasteiger partial charge in [-0.2, -0.15) is 0 Å². The van der Waals surface area contributed by atoms with Gasteiger partial charge in [-0.05, 0) is 0 Å². The Hall–Kier alpha value is 1.58. The third kappa shape index (κ3) is 1700. The van der Waals surface area contributed by atoms with E-state index < -0.39 is 31.2 Å². The monoisotopic (exact) mass is 764 g/mol. The molecular weight excluding hydrogens is 776 g/mol. The quantitative estimate of drug-likeness (QED) is 0.169. The summed E-state index contributed by atoms with van der Waals surface area (Å²) in [5.74, 6) is 0. The average Bonchev–Trinajstić information content (AvgIpc) is 1.41. The maximum Gasteiger partial charge on any atom is 3.00 e. The third-order valence-corrected chi connectivity index (χ3v) is 0. The van der Waals surface area contributed by atoms with Crippen LogP contribution in [0.4, 0.5) is 0 Å². The van der Waals surface area contributed by atoms with E-state index >= 15 is 0 Å². The van der Waals surface area contributed by atoms with Crippen LogP contribution in [0.3, 0.4) is 0 Å². The fraction of sp³-hybridized carbons (Fsp3) is 0. The molecule has 0 aliphatic rings. The zero-order valence-corrected chi connectivity index (χ0v) is 16.2. The summed E-state index contributed by atoms with van der Waals surface area (Å²) in [7, 11) is -15.5. The molecule has 0 atom stereocenters. The van der Waals surface area contributed by atoms with E-state index in [1.54, 1.807) is 0 Å². The molecule has 102 valence electrons. The summed E-state index contributed by atoms with van der Waals surface area (Å²) in [5, 5.41) is 0. The molecule has 12 nitrogen and oxygen atoms in total. The molecule has 0 heterocycles.